The number of nitrogens with one attached hydrogen (secondary N) is 2. The summed E-state index contributed by atoms with van der Waals surface area (Å²) in [6, 6.07) is 6.42. The van der Waals surface area contributed by atoms with Crippen LogP contribution in [0.25, 0.3) is 0 Å². The molecule has 0 radical (unpaired) electrons. The second kappa shape index (κ2) is 5.51. The van der Waals surface area contributed by atoms with Gasteiger partial charge >= 0.3 is 0 Å². The molecule has 0 atom stereocenters. The number of nitrogens with two attached hydrogens (primary N) is 1. The zero-order valence-electron chi connectivity index (χ0n) is 11.3. The highest BCUT2D eigenvalue weighted by molar-refractivity contribution is 7.89. The van der Waals surface area contributed by atoms with Crippen LogP contribution in [0.15, 0.2) is 35.4 Å². The third kappa shape index (κ3) is 2.91. The molecule has 0 saturated carbocycles. The smallest absolute Gasteiger partial charge is 0.242 e. The molecule has 0 bridgehead atoms. The van der Waals surface area contributed by atoms with Crippen molar-refractivity contribution in [2.45, 2.75) is 11.4 Å². The molecule has 8 heteroatoms. The topological polar surface area (TPSA) is 104 Å². The second-order valence-corrected chi connectivity index (χ2v) is 6.62. The Morgan fingerprint density at radius 2 is 2.10 bits per heavy atom. The Labute approximate surface area is 117 Å². The Bertz CT molecular complexity index is 680. The lowest BCUT2D eigenvalue weighted by molar-refractivity contribution is 0.521. The summed E-state index contributed by atoms with van der Waals surface area (Å²) in [5.74, 6) is 0. The zero-order valence-corrected chi connectivity index (χ0v) is 12.1. The van der Waals surface area contributed by atoms with Gasteiger partial charge in [0.2, 0.25) is 10.0 Å². The average molecular weight is 295 g/mol. The number of nitrogens with zero attached hydrogens (tertiary/aromatic N) is 2. The van der Waals surface area contributed by atoms with Crippen molar-refractivity contribution in [3.05, 3.63) is 36.2 Å². The molecular weight excluding hydrogens is 278 g/mol. The fourth-order valence-electron chi connectivity index (χ4n) is 1.63. The molecule has 0 unspecified atom stereocenters. The fraction of sp³-hybridized carbons (Fsp3) is 0.250. The molecule has 0 saturated heterocycles. The monoisotopic (exact) mass is 295 g/mol. The molecule has 2 aromatic rings. The van der Waals surface area contributed by atoms with Gasteiger partial charge in [-0.2, -0.15) is 5.10 Å². The molecule has 1 aromatic heterocycles. The Morgan fingerprint density at radius 3 is 2.70 bits per heavy atom. The summed E-state index contributed by atoms with van der Waals surface area (Å²) >= 11 is 0. The van der Waals surface area contributed by atoms with Gasteiger partial charge in [0, 0.05) is 20.3 Å². The molecule has 20 heavy (non-hydrogen) atoms. The summed E-state index contributed by atoms with van der Waals surface area (Å²) in [5, 5.41) is 9.74. The molecule has 1 aromatic carbocycles. The van der Waals surface area contributed by atoms with Gasteiger partial charge < -0.3 is 11.1 Å². The van der Waals surface area contributed by atoms with E-state index in [9.17, 15) is 8.42 Å². The van der Waals surface area contributed by atoms with Crippen molar-refractivity contribution in [1.29, 1.82) is 0 Å². The molecule has 1 heterocycles. The van der Waals surface area contributed by atoms with Gasteiger partial charge in [-0.1, -0.05) is 0 Å². The van der Waals surface area contributed by atoms with Crippen molar-refractivity contribution in [3.8, 4) is 0 Å². The van der Waals surface area contributed by atoms with E-state index in [1.54, 1.807) is 12.3 Å². The SMILES string of the molecule is CN(C)S(=O)(=O)c1ccc(N)c(NCc2ccn[nH]2)c1. The van der Waals surface area contributed by atoms with Crippen LogP contribution in [0.5, 0.6) is 0 Å². The molecule has 0 spiro atoms. The minimum absolute atomic E-state index is 0.198. The number of aromatic amines is 1. The minimum atomic E-state index is -3.47. The van der Waals surface area contributed by atoms with Gasteiger partial charge in [-0.3, -0.25) is 5.10 Å². The van der Waals surface area contributed by atoms with E-state index in [2.05, 4.69) is 15.5 Å². The Kier molecular flexibility index (Phi) is 3.96. The van der Waals surface area contributed by atoms with E-state index in [4.69, 9.17) is 5.73 Å². The van der Waals surface area contributed by atoms with Crippen LogP contribution in [-0.2, 0) is 16.6 Å². The molecular formula is C12H17N5O2S. The Balaban J connectivity index is 2.25. The van der Waals surface area contributed by atoms with Crippen LogP contribution in [0.3, 0.4) is 0 Å². The molecule has 0 amide bonds. The van der Waals surface area contributed by atoms with Gasteiger partial charge in [0.05, 0.1) is 28.5 Å². The number of sulfonamides is 1. The fourth-order valence-corrected chi connectivity index (χ4v) is 2.56. The number of H-pyrrole nitrogens is 1. The van der Waals surface area contributed by atoms with E-state index >= 15 is 0 Å². The number of anilines is 2. The van der Waals surface area contributed by atoms with E-state index in [1.165, 1.54) is 26.2 Å². The third-order valence-corrected chi connectivity index (χ3v) is 4.64. The van der Waals surface area contributed by atoms with Crippen molar-refractivity contribution >= 4 is 21.4 Å². The van der Waals surface area contributed by atoms with Crippen LogP contribution in [0.1, 0.15) is 5.69 Å². The lowest BCUT2D eigenvalue weighted by Gasteiger charge is -2.14. The maximum atomic E-state index is 12.1. The molecule has 108 valence electrons. The summed E-state index contributed by atoms with van der Waals surface area (Å²) in [6.07, 6.45) is 1.65. The number of hydrogen-bond donors (Lipinski definition) is 3. The molecule has 0 fully saturated rings. The van der Waals surface area contributed by atoms with Crippen LogP contribution >= 0.6 is 0 Å². The highest BCUT2D eigenvalue weighted by Gasteiger charge is 2.18. The highest BCUT2D eigenvalue weighted by Crippen LogP contribution is 2.24. The number of rotatable bonds is 5. The largest absolute Gasteiger partial charge is 0.397 e. The molecule has 0 aliphatic carbocycles. The van der Waals surface area contributed by atoms with Crippen molar-refractivity contribution in [3.63, 3.8) is 0 Å². The number of aromatic nitrogens is 2. The van der Waals surface area contributed by atoms with Crippen LogP contribution in [0, 0.1) is 0 Å². The van der Waals surface area contributed by atoms with Crippen molar-refractivity contribution in [2.24, 2.45) is 0 Å². The van der Waals surface area contributed by atoms with Crippen molar-refractivity contribution < 1.29 is 8.42 Å². The predicted molar refractivity (Wildman–Crippen MR) is 77.6 cm³/mol. The van der Waals surface area contributed by atoms with Crippen LogP contribution < -0.4 is 11.1 Å². The number of benzene rings is 1. The molecule has 7 nitrogen and oxygen atoms in total. The molecule has 0 aliphatic heterocycles. The molecule has 0 aliphatic rings. The predicted octanol–water partition coefficient (Wildman–Crippen LogP) is 0.854. The summed E-state index contributed by atoms with van der Waals surface area (Å²) in [7, 11) is -0.492. The summed E-state index contributed by atoms with van der Waals surface area (Å²) in [6.45, 7) is 0.482. The number of hydrogen-bond acceptors (Lipinski definition) is 5. The van der Waals surface area contributed by atoms with E-state index in [0.29, 0.717) is 17.9 Å². The van der Waals surface area contributed by atoms with Gasteiger partial charge in [-0.25, -0.2) is 12.7 Å². The van der Waals surface area contributed by atoms with Crippen molar-refractivity contribution in [1.82, 2.24) is 14.5 Å². The van der Waals surface area contributed by atoms with Crippen LogP contribution in [-0.4, -0.2) is 37.0 Å². The Hall–Kier alpha value is -2.06. The average Bonchev–Trinajstić information content (AvgIpc) is 2.90. The lowest BCUT2D eigenvalue weighted by Crippen LogP contribution is -2.22. The zero-order chi connectivity index (χ0) is 14.8. The summed E-state index contributed by atoms with van der Waals surface area (Å²) in [5.41, 5.74) is 7.79. The highest BCUT2D eigenvalue weighted by atomic mass is 32.2. The van der Waals surface area contributed by atoms with E-state index in [-0.39, 0.29) is 4.90 Å². The van der Waals surface area contributed by atoms with Gasteiger partial charge in [-0.05, 0) is 24.3 Å². The maximum Gasteiger partial charge on any atom is 0.242 e. The minimum Gasteiger partial charge on any atom is -0.397 e. The van der Waals surface area contributed by atoms with Gasteiger partial charge in [0.1, 0.15) is 0 Å². The van der Waals surface area contributed by atoms with E-state index in [1.807, 2.05) is 6.07 Å². The van der Waals surface area contributed by atoms with E-state index < -0.39 is 10.0 Å². The van der Waals surface area contributed by atoms with Crippen LogP contribution in [0.2, 0.25) is 0 Å². The first-order valence-corrected chi connectivity index (χ1v) is 7.39. The number of nitrogen functional groups attached to an aromatic ring is 1. The lowest BCUT2D eigenvalue weighted by atomic mass is 10.2. The third-order valence-electron chi connectivity index (χ3n) is 2.83. The first-order valence-electron chi connectivity index (χ1n) is 5.95. The summed E-state index contributed by atoms with van der Waals surface area (Å²) in [4.78, 5) is 0.198. The quantitative estimate of drug-likeness (QED) is 0.710. The molecule has 4 N–H and O–H groups in total. The maximum absolute atomic E-state index is 12.1. The molecule has 2 rings (SSSR count). The van der Waals surface area contributed by atoms with Gasteiger partial charge in [0.15, 0.2) is 0 Å². The normalized spacial score (nSPS) is 11.8. The first-order chi connectivity index (χ1) is 9.41. The summed E-state index contributed by atoms with van der Waals surface area (Å²) < 4.78 is 25.3. The Morgan fingerprint density at radius 1 is 1.35 bits per heavy atom. The second-order valence-electron chi connectivity index (χ2n) is 4.47. The van der Waals surface area contributed by atoms with Gasteiger partial charge in [-0.15, -0.1) is 0 Å². The van der Waals surface area contributed by atoms with Gasteiger partial charge in [0.25, 0.3) is 0 Å². The van der Waals surface area contributed by atoms with Crippen LogP contribution in [0.4, 0.5) is 11.4 Å². The van der Waals surface area contributed by atoms with E-state index in [0.717, 1.165) is 10.00 Å². The first kappa shape index (κ1) is 14.4. The standard InChI is InChI=1S/C12H17N5O2S/c1-17(2)20(18,19)10-3-4-11(13)12(7-10)14-8-9-5-6-15-16-9/h3-7,14H,8,13H2,1-2H3,(H,15,16). The van der Waals surface area contributed by atoms with Crippen molar-refractivity contribution in [2.75, 3.05) is 25.1 Å².